The molecule has 0 unspecified atom stereocenters. The quantitative estimate of drug-likeness (QED) is 0.134. The van der Waals surface area contributed by atoms with E-state index in [1.54, 1.807) is 12.1 Å². The minimum absolute atomic E-state index is 0.178. The molecule has 0 spiro atoms. The summed E-state index contributed by atoms with van der Waals surface area (Å²) in [5, 5.41) is 4.15. The van der Waals surface area contributed by atoms with Gasteiger partial charge >= 0.3 is 11.9 Å². The molecule has 0 aromatic heterocycles. The number of rotatable bonds is 17. The van der Waals surface area contributed by atoms with Gasteiger partial charge in [-0.15, -0.1) is 0 Å². The molecular weight excluding hydrogens is 512 g/mol. The maximum atomic E-state index is 12.2. The third-order valence-electron chi connectivity index (χ3n) is 6.01. The molecule has 40 heavy (non-hydrogen) atoms. The van der Waals surface area contributed by atoms with Crippen molar-refractivity contribution < 1.29 is 38.0 Å². The molecule has 0 saturated heterocycles. The zero-order valence-electron chi connectivity index (χ0n) is 22.4. The van der Waals surface area contributed by atoms with Crippen molar-refractivity contribution in [1.29, 1.82) is 0 Å². The van der Waals surface area contributed by atoms with Crippen molar-refractivity contribution in [2.75, 3.05) is 66.1 Å². The highest BCUT2D eigenvalue weighted by Gasteiger charge is 2.09. The van der Waals surface area contributed by atoms with Gasteiger partial charge in [0.25, 0.3) is 0 Å². The molecule has 0 aliphatic heterocycles. The van der Waals surface area contributed by atoms with Gasteiger partial charge in [0, 0.05) is 0 Å². The van der Waals surface area contributed by atoms with Crippen molar-refractivity contribution in [2.24, 2.45) is 0 Å². The van der Waals surface area contributed by atoms with Gasteiger partial charge in [-0.25, -0.2) is 9.59 Å². The Balaban J connectivity index is 0.920. The summed E-state index contributed by atoms with van der Waals surface area (Å²) in [4.78, 5) is 24.4. The predicted octanol–water partition coefficient (Wildman–Crippen LogP) is 5.07. The van der Waals surface area contributed by atoms with E-state index in [-0.39, 0.29) is 25.2 Å². The number of hydrogen-bond donors (Lipinski definition) is 0. The van der Waals surface area contributed by atoms with Crippen molar-refractivity contribution >= 4 is 33.5 Å². The van der Waals surface area contributed by atoms with E-state index in [0.29, 0.717) is 64.0 Å². The molecule has 0 saturated carbocycles. The Kier molecular flexibility index (Phi) is 11.9. The number of carbonyl (C=O) groups excluding carboxylic acids is 2. The molecule has 4 aromatic carbocycles. The second-order valence-electron chi connectivity index (χ2n) is 8.85. The Morgan fingerprint density at radius 1 is 0.400 bits per heavy atom. The van der Waals surface area contributed by atoms with E-state index in [1.807, 2.05) is 72.8 Å². The van der Waals surface area contributed by atoms with Crippen LogP contribution >= 0.6 is 0 Å². The lowest BCUT2D eigenvalue weighted by atomic mass is 10.1. The predicted molar refractivity (Wildman–Crippen MR) is 152 cm³/mol. The van der Waals surface area contributed by atoms with Gasteiger partial charge in [0.05, 0.1) is 64.0 Å². The summed E-state index contributed by atoms with van der Waals surface area (Å²) in [5.41, 5.74) is 1.04. The Labute approximate surface area is 233 Å². The Hall–Kier alpha value is -3.82. The molecule has 0 fully saturated rings. The topological polar surface area (TPSA) is 89.5 Å². The van der Waals surface area contributed by atoms with Gasteiger partial charge in [0.2, 0.25) is 0 Å². The monoisotopic (exact) mass is 546 g/mol. The summed E-state index contributed by atoms with van der Waals surface area (Å²) in [6.07, 6.45) is 0. The van der Waals surface area contributed by atoms with E-state index in [1.165, 1.54) is 0 Å². The van der Waals surface area contributed by atoms with Crippen LogP contribution in [0.25, 0.3) is 21.5 Å². The molecule has 0 aliphatic rings. The molecule has 0 heterocycles. The maximum absolute atomic E-state index is 12.2. The van der Waals surface area contributed by atoms with Gasteiger partial charge in [-0.1, -0.05) is 60.7 Å². The van der Waals surface area contributed by atoms with Crippen molar-refractivity contribution in [3.8, 4) is 0 Å². The fraction of sp³-hybridized carbons (Fsp3) is 0.312. The standard InChI is InChI=1S/C32H34O8/c33-31(29-11-9-25-5-1-3-7-27(25)23-29)39-21-19-37-17-15-35-13-14-36-16-18-38-20-22-40-32(34)30-12-10-26-6-2-4-8-28(26)24-30/h1-12,23-24H,13-22H2. The molecule has 4 aromatic rings. The second kappa shape index (κ2) is 16.3. The largest absolute Gasteiger partial charge is 0.460 e. The van der Waals surface area contributed by atoms with E-state index in [2.05, 4.69) is 0 Å². The Morgan fingerprint density at radius 2 is 0.725 bits per heavy atom. The first-order valence-corrected chi connectivity index (χ1v) is 13.3. The average molecular weight is 547 g/mol. The average Bonchev–Trinajstić information content (AvgIpc) is 3.00. The van der Waals surface area contributed by atoms with Crippen LogP contribution < -0.4 is 0 Å². The van der Waals surface area contributed by atoms with Crippen LogP contribution in [0.2, 0.25) is 0 Å². The summed E-state index contributed by atoms with van der Waals surface area (Å²) in [7, 11) is 0. The van der Waals surface area contributed by atoms with Crippen molar-refractivity contribution in [1.82, 2.24) is 0 Å². The van der Waals surface area contributed by atoms with E-state index in [9.17, 15) is 9.59 Å². The van der Waals surface area contributed by atoms with Crippen LogP contribution in [0.15, 0.2) is 84.9 Å². The van der Waals surface area contributed by atoms with Crippen LogP contribution in [0.3, 0.4) is 0 Å². The van der Waals surface area contributed by atoms with Crippen LogP contribution in [0.5, 0.6) is 0 Å². The summed E-state index contributed by atoms with van der Waals surface area (Å²) in [6, 6.07) is 26.7. The summed E-state index contributed by atoms with van der Waals surface area (Å²) in [6.45, 7) is 3.45. The van der Waals surface area contributed by atoms with Crippen LogP contribution in [0.1, 0.15) is 20.7 Å². The number of benzene rings is 4. The van der Waals surface area contributed by atoms with Gasteiger partial charge in [-0.05, 0) is 45.8 Å². The molecule has 8 nitrogen and oxygen atoms in total. The third-order valence-corrected chi connectivity index (χ3v) is 6.01. The highest BCUT2D eigenvalue weighted by Crippen LogP contribution is 2.17. The molecule has 4 rings (SSSR count). The third kappa shape index (κ3) is 9.43. The Morgan fingerprint density at radius 3 is 1.10 bits per heavy atom. The normalized spacial score (nSPS) is 11.1. The van der Waals surface area contributed by atoms with E-state index >= 15 is 0 Å². The van der Waals surface area contributed by atoms with Crippen molar-refractivity contribution in [3.63, 3.8) is 0 Å². The lowest BCUT2D eigenvalue weighted by molar-refractivity contribution is -0.0136. The lowest BCUT2D eigenvalue weighted by Crippen LogP contribution is -2.15. The summed E-state index contributed by atoms with van der Waals surface area (Å²) < 4.78 is 32.3. The minimum atomic E-state index is -0.367. The number of ether oxygens (including phenoxy) is 6. The summed E-state index contributed by atoms with van der Waals surface area (Å²) >= 11 is 0. The van der Waals surface area contributed by atoms with Gasteiger partial charge < -0.3 is 28.4 Å². The molecule has 210 valence electrons. The lowest BCUT2D eigenvalue weighted by Gasteiger charge is -2.09. The molecule has 0 aliphatic carbocycles. The fourth-order valence-electron chi connectivity index (χ4n) is 3.95. The van der Waals surface area contributed by atoms with Gasteiger partial charge in [-0.3, -0.25) is 0 Å². The van der Waals surface area contributed by atoms with Gasteiger partial charge in [0.15, 0.2) is 0 Å². The highest BCUT2D eigenvalue weighted by atomic mass is 16.6. The zero-order chi connectivity index (χ0) is 27.8. The minimum Gasteiger partial charge on any atom is -0.460 e. The van der Waals surface area contributed by atoms with Crippen LogP contribution in [0, 0.1) is 0 Å². The Bertz CT molecular complexity index is 1260. The molecular formula is C32H34O8. The van der Waals surface area contributed by atoms with Crippen molar-refractivity contribution in [2.45, 2.75) is 0 Å². The smallest absolute Gasteiger partial charge is 0.338 e. The first-order valence-electron chi connectivity index (χ1n) is 13.3. The number of esters is 2. The van der Waals surface area contributed by atoms with Crippen LogP contribution in [-0.2, 0) is 28.4 Å². The molecule has 0 N–H and O–H groups in total. The first kappa shape index (κ1) is 29.2. The van der Waals surface area contributed by atoms with Gasteiger partial charge in [0.1, 0.15) is 13.2 Å². The fourth-order valence-corrected chi connectivity index (χ4v) is 3.95. The number of carbonyl (C=O) groups is 2. The van der Waals surface area contributed by atoms with Gasteiger partial charge in [-0.2, -0.15) is 0 Å². The summed E-state index contributed by atoms with van der Waals surface area (Å²) in [5.74, 6) is -0.734. The SMILES string of the molecule is O=C(OCCOCCOCCOCCOCCOC(=O)c1ccc2ccccc2c1)c1ccc2ccccc2c1. The molecule has 0 radical (unpaired) electrons. The first-order chi connectivity index (χ1) is 19.7. The molecule has 0 atom stereocenters. The molecule has 0 amide bonds. The van der Waals surface area contributed by atoms with Crippen molar-refractivity contribution in [3.05, 3.63) is 96.1 Å². The van der Waals surface area contributed by atoms with E-state index < -0.39 is 0 Å². The molecule has 8 heteroatoms. The zero-order valence-corrected chi connectivity index (χ0v) is 22.4. The van der Waals surface area contributed by atoms with E-state index in [0.717, 1.165) is 21.5 Å². The molecule has 0 bridgehead atoms. The highest BCUT2D eigenvalue weighted by molar-refractivity contribution is 5.96. The number of fused-ring (bicyclic) bond motifs is 2. The van der Waals surface area contributed by atoms with Crippen LogP contribution in [0.4, 0.5) is 0 Å². The number of hydrogen-bond acceptors (Lipinski definition) is 8. The van der Waals surface area contributed by atoms with E-state index in [4.69, 9.17) is 28.4 Å². The second-order valence-corrected chi connectivity index (χ2v) is 8.85. The van der Waals surface area contributed by atoms with Crippen LogP contribution in [-0.4, -0.2) is 78.0 Å². The maximum Gasteiger partial charge on any atom is 0.338 e.